The first-order valence-corrected chi connectivity index (χ1v) is 12.7. The Morgan fingerprint density at radius 2 is 2.06 bits per heavy atom. The Morgan fingerprint density at radius 3 is 2.72 bits per heavy atom. The van der Waals surface area contributed by atoms with Crippen molar-refractivity contribution in [3.8, 4) is 5.75 Å². The van der Waals surface area contributed by atoms with Gasteiger partial charge in [0.1, 0.15) is 5.75 Å². The second-order valence-electron chi connectivity index (χ2n) is 8.95. The maximum atomic E-state index is 13.3. The van der Waals surface area contributed by atoms with Crippen LogP contribution in [0.3, 0.4) is 0 Å². The number of hydrogen-bond donors (Lipinski definition) is 2. The summed E-state index contributed by atoms with van der Waals surface area (Å²) in [5, 5.41) is 13.1. The molecule has 2 amide bonds. The first-order chi connectivity index (χ1) is 15.5. The normalized spacial score (nSPS) is 19.1. The number of hydrogen-bond acceptors (Lipinski definition) is 4. The van der Waals surface area contributed by atoms with Gasteiger partial charge in [0.25, 0.3) is 0 Å². The molecule has 5 nitrogen and oxygen atoms in total. The Kier molecular flexibility index (Phi) is 7.53. The molecule has 1 aliphatic carbocycles. The van der Waals surface area contributed by atoms with Gasteiger partial charge in [0.2, 0.25) is 0 Å². The van der Waals surface area contributed by atoms with Crippen molar-refractivity contribution in [2.24, 2.45) is 0 Å². The summed E-state index contributed by atoms with van der Waals surface area (Å²) in [6.07, 6.45) is 8.81. The number of aryl methyl sites for hydroxylation is 2. The Labute approximate surface area is 195 Å². The van der Waals surface area contributed by atoms with Gasteiger partial charge in [-0.1, -0.05) is 19.1 Å². The molecule has 172 valence electrons. The van der Waals surface area contributed by atoms with E-state index in [1.807, 2.05) is 35.3 Å². The molecule has 2 N–H and O–H groups in total. The molecule has 2 heterocycles. The molecule has 0 saturated carbocycles. The number of carbonyl (C=O) groups is 1. The number of urea groups is 1. The van der Waals surface area contributed by atoms with E-state index in [1.165, 1.54) is 28.2 Å². The number of rotatable bonds is 7. The van der Waals surface area contributed by atoms with Crippen LogP contribution in [0.5, 0.6) is 5.75 Å². The number of nitrogens with one attached hydrogen (secondary N) is 1. The molecule has 1 aromatic carbocycles. The van der Waals surface area contributed by atoms with E-state index in [0.29, 0.717) is 5.69 Å². The minimum Gasteiger partial charge on any atom is -0.508 e. The number of thiophene rings is 1. The number of phenols is 1. The highest BCUT2D eigenvalue weighted by Crippen LogP contribution is 2.34. The van der Waals surface area contributed by atoms with Crippen molar-refractivity contribution in [1.82, 2.24) is 9.80 Å². The fraction of sp³-hybridized carbons (Fsp3) is 0.500. The predicted molar refractivity (Wildman–Crippen MR) is 134 cm³/mol. The maximum absolute atomic E-state index is 13.3. The minimum atomic E-state index is -0.0707. The molecule has 32 heavy (non-hydrogen) atoms. The van der Waals surface area contributed by atoms with Gasteiger partial charge in [0.15, 0.2) is 0 Å². The standard InChI is InChI=1S/C26H35N3O2S/c1-3-23-12-13-25(32-23)20-7-10-22(11-8-20)29(17-16-28-14-4-5-15-28)26(31)27-21-9-6-19(2)24(30)18-21/h6-7,9,12-13,18,22,30H,3-5,8,10-11,14-17H2,1-2H3,(H,27,31). The lowest BCUT2D eigenvalue weighted by Gasteiger charge is -2.35. The van der Waals surface area contributed by atoms with Gasteiger partial charge in [-0.25, -0.2) is 4.79 Å². The fourth-order valence-electron chi connectivity index (χ4n) is 4.66. The van der Waals surface area contributed by atoms with Crippen LogP contribution in [0.4, 0.5) is 10.5 Å². The molecular formula is C26H35N3O2S. The van der Waals surface area contributed by atoms with Gasteiger partial charge < -0.3 is 20.2 Å². The summed E-state index contributed by atoms with van der Waals surface area (Å²) in [5.74, 6) is 0.207. The molecule has 1 saturated heterocycles. The van der Waals surface area contributed by atoms with Gasteiger partial charge in [-0.15, -0.1) is 11.3 Å². The van der Waals surface area contributed by atoms with E-state index in [9.17, 15) is 9.90 Å². The largest absolute Gasteiger partial charge is 0.508 e. The van der Waals surface area contributed by atoms with E-state index in [0.717, 1.165) is 57.4 Å². The molecule has 1 aliphatic heterocycles. The van der Waals surface area contributed by atoms with Crippen LogP contribution in [-0.4, -0.2) is 53.2 Å². The predicted octanol–water partition coefficient (Wildman–Crippen LogP) is 5.89. The summed E-state index contributed by atoms with van der Waals surface area (Å²) >= 11 is 1.90. The van der Waals surface area contributed by atoms with E-state index in [4.69, 9.17) is 0 Å². The van der Waals surface area contributed by atoms with Gasteiger partial charge >= 0.3 is 6.03 Å². The Morgan fingerprint density at radius 1 is 1.25 bits per heavy atom. The lowest BCUT2D eigenvalue weighted by molar-refractivity contribution is 0.170. The number of anilines is 1. The number of amides is 2. The number of carbonyl (C=O) groups excluding carboxylic acids is 1. The molecule has 2 aliphatic rings. The lowest BCUT2D eigenvalue weighted by atomic mass is 9.93. The third-order valence-electron chi connectivity index (χ3n) is 6.73. The first-order valence-electron chi connectivity index (χ1n) is 11.9. The second-order valence-corrected chi connectivity index (χ2v) is 10.1. The van der Waals surface area contributed by atoms with Crippen LogP contribution >= 0.6 is 11.3 Å². The van der Waals surface area contributed by atoms with Gasteiger partial charge in [0, 0.05) is 40.6 Å². The average Bonchev–Trinajstić information content (AvgIpc) is 3.49. The third-order valence-corrected chi connectivity index (χ3v) is 8.03. The minimum absolute atomic E-state index is 0.0707. The van der Waals surface area contributed by atoms with Crippen molar-refractivity contribution in [2.45, 2.75) is 58.4 Å². The molecule has 1 unspecified atom stereocenters. The highest BCUT2D eigenvalue weighted by Gasteiger charge is 2.27. The van der Waals surface area contributed by atoms with Crippen LogP contribution in [0.15, 0.2) is 36.4 Å². The number of phenolic OH excluding ortho intramolecular Hbond substituents is 1. The average molecular weight is 454 g/mol. The zero-order chi connectivity index (χ0) is 22.5. The van der Waals surface area contributed by atoms with E-state index in [-0.39, 0.29) is 17.8 Å². The molecule has 2 aromatic rings. The quantitative estimate of drug-likeness (QED) is 0.550. The molecule has 1 aromatic heterocycles. The van der Waals surface area contributed by atoms with Crippen molar-refractivity contribution in [3.05, 3.63) is 51.7 Å². The summed E-state index contributed by atoms with van der Waals surface area (Å²) in [7, 11) is 0. The Hall–Kier alpha value is -2.31. The number of benzene rings is 1. The van der Waals surface area contributed by atoms with Crippen molar-refractivity contribution in [1.29, 1.82) is 0 Å². The topological polar surface area (TPSA) is 55.8 Å². The first kappa shape index (κ1) is 22.9. The summed E-state index contributed by atoms with van der Waals surface area (Å²) in [4.78, 5) is 20.6. The van der Waals surface area contributed by atoms with Crippen molar-refractivity contribution < 1.29 is 9.90 Å². The molecule has 6 heteroatoms. The smallest absolute Gasteiger partial charge is 0.322 e. The molecule has 0 bridgehead atoms. The van der Waals surface area contributed by atoms with Crippen LogP contribution in [0.2, 0.25) is 0 Å². The lowest BCUT2D eigenvalue weighted by Crippen LogP contribution is -2.46. The van der Waals surface area contributed by atoms with Crippen molar-refractivity contribution in [2.75, 3.05) is 31.5 Å². The molecule has 1 fully saturated rings. The van der Waals surface area contributed by atoms with E-state index < -0.39 is 0 Å². The third kappa shape index (κ3) is 5.54. The van der Waals surface area contributed by atoms with E-state index in [2.05, 4.69) is 35.3 Å². The monoisotopic (exact) mass is 453 g/mol. The molecule has 4 rings (SSSR count). The van der Waals surface area contributed by atoms with E-state index in [1.54, 1.807) is 6.07 Å². The Bertz CT molecular complexity index is 962. The summed E-state index contributed by atoms with van der Waals surface area (Å²) in [6, 6.07) is 9.93. The van der Waals surface area contributed by atoms with Crippen LogP contribution in [0.1, 0.15) is 54.3 Å². The Balaban J connectivity index is 1.45. The highest BCUT2D eigenvalue weighted by molar-refractivity contribution is 7.13. The van der Waals surface area contributed by atoms with Gasteiger partial charge in [-0.2, -0.15) is 0 Å². The number of nitrogens with zero attached hydrogens (tertiary/aromatic N) is 2. The SMILES string of the molecule is CCc1ccc(C2=CCC(N(CCN3CCCC3)C(=O)Nc3ccc(C)c(O)c3)CC2)s1. The molecule has 0 spiro atoms. The van der Waals surface area contributed by atoms with Crippen molar-refractivity contribution in [3.63, 3.8) is 0 Å². The maximum Gasteiger partial charge on any atom is 0.322 e. The summed E-state index contributed by atoms with van der Waals surface area (Å²) in [6.45, 7) is 7.97. The van der Waals surface area contributed by atoms with Crippen molar-refractivity contribution >= 4 is 28.6 Å². The summed E-state index contributed by atoms with van der Waals surface area (Å²) in [5.41, 5.74) is 2.87. The zero-order valence-electron chi connectivity index (χ0n) is 19.3. The van der Waals surface area contributed by atoms with Gasteiger partial charge in [0.05, 0.1) is 0 Å². The van der Waals surface area contributed by atoms with Crippen LogP contribution in [-0.2, 0) is 6.42 Å². The van der Waals surface area contributed by atoms with Gasteiger partial charge in [-0.05, 0) is 87.9 Å². The van der Waals surface area contributed by atoms with Crippen LogP contribution in [0.25, 0.3) is 5.57 Å². The number of likely N-dealkylation sites (tertiary alicyclic amines) is 1. The molecule has 1 atom stereocenters. The zero-order valence-corrected chi connectivity index (χ0v) is 20.1. The van der Waals surface area contributed by atoms with Crippen LogP contribution in [0, 0.1) is 6.92 Å². The second kappa shape index (κ2) is 10.5. The molecule has 0 radical (unpaired) electrons. The molecular weight excluding hydrogens is 418 g/mol. The van der Waals surface area contributed by atoms with Crippen LogP contribution < -0.4 is 5.32 Å². The fourth-order valence-corrected chi connectivity index (χ4v) is 5.67. The summed E-state index contributed by atoms with van der Waals surface area (Å²) < 4.78 is 0. The highest BCUT2D eigenvalue weighted by atomic mass is 32.1. The van der Waals surface area contributed by atoms with E-state index >= 15 is 0 Å². The number of aromatic hydroxyl groups is 1. The number of allylic oxidation sites excluding steroid dienone is 1. The van der Waals surface area contributed by atoms with Gasteiger partial charge in [-0.3, -0.25) is 0 Å².